The molecule has 0 bridgehead atoms. The Morgan fingerprint density at radius 1 is 1.18 bits per heavy atom. The number of phenols is 1. The molecule has 10 heteroatoms. The second-order valence-electron chi connectivity index (χ2n) is 8.90. The molecule has 0 aliphatic heterocycles. The number of nitrogens with two attached hydrogens (primary N) is 1. The molecule has 0 radical (unpaired) electrons. The van der Waals surface area contributed by atoms with E-state index < -0.39 is 47.9 Å². The Bertz CT molecular complexity index is 917. The van der Waals surface area contributed by atoms with Crippen LogP contribution >= 0.6 is 0 Å². The lowest BCUT2D eigenvalue weighted by molar-refractivity contribution is -0.139. The minimum absolute atomic E-state index is 0.0426. The van der Waals surface area contributed by atoms with Crippen molar-refractivity contribution in [2.24, 2.45) is 5.73 Å². The van der Waals surface area contributed by atoms with Crippen LogP contribution in [-0.2, 0) is 19.1 Å². The second-order valence-corrected chi connectivity index (χ2v) is 8.90. The smallest absolute Gasteiger partial charge is 0.408 e. The first-order valence-corrected chi connectivity index (χ1v) is 11.0. The fraction of sp³-hybridized carbons (Fsp3) is 0.500. The van der Waals surface area contributed by atoms with Crippen molar-refractivity contribution in [1.29, 1.82) is 0 Å². The van der Waals surface area contributed by atoms with Gasteiger partial charge in [-0.1, -0.05) is 31.9 Å². The van der Waals surface area contributed by atoms with Gasteiger partial charge in [0, 0.05) is 12.1 Å². The van der Waals surface area contributed by atoms with E-state index in [2.05, 4.69) is 16.7 Å². The number of hydrogen-bond donors (Lipinski definition) is 4. The van der Waals surface area contributed by atoms with Crippen molar-refractivity contribution in [2.45, 2.75) is 77.6 Å². The molecule has 0 fully saturated rings. The number of terminal acetylenes is 1. The van der Waals surface area contributed by atoms with Crippen LogP contribution in [0.15, 0.2) is 24.3 Å². The van der Waals surface area contributed by atoms with E-state index in [1.54, 1.807) is 20.8 Å². The van der Waals surface area contributed by atoms with Crippen LogP contribution < -0.4 is 16.4 Å². The molecule has 1 aromatic carbocycles. The van der Waals surface area contributed by atoms with Crippen molar-refractivity contribution >= 4 is 23.8 Å². The van der Waals surface area contributed by atoms with Gasteiger partial charge in [-0.15, -0.1) is 0 Å². The standard InChI is InChI=1S/C24H34N4O6/c1-7-9-15(3)26-21(31)20(16-10-12-17(29)13-11-16)28(8-2)22(32)18(14-19(25)30)27-23(33)34-24(4,5)6/h2,10-13,15,18,20,29H,7,9,14H2,1,3-6H3,(H2,25,30)(H,26,31)(H,27,33). The van der Waals surface area contributed by atoms with Crippen molar-refractivity contribution in [3.8, 4) is 18.2 Å². The van der Waals surface area contributed by atoms with Gasteiger partial charge < -0.3 is 26.2 Å². The topological polar surface area (TPSA) is 151 Å². The fourth-order valence-corrected chi connectivity index (χ4v) is 3.19. The van der Waals surface area contributed by atoms with Gasteiger partial charge >= 0.3 is 6.09 Å². The molecule has 0 aromatic heterocycles. The number of phenolic OH excluding ortho intramolecular Hbond substituents is 1. The summed E-state index contributed by atoms with van der Waals surface area (Å²) in [6, 6.07) is 4.83. The Balaban J connectivity index is 3.36. The monoisotopic (exact) mass is 474 g/mol. The summed E-state index contributed by atoms with van der Waals surface area (Å²) >= 11 is 0. The molecule has 5 N–H and O–H groups in total. The van der Waals surface area contributed by atoms with Crippen LogP contribution in [0.4, 0.5) is 4.79 Å². The Labute approximate surface area is 200 Å². The van der Waals surface area contributed by atoms with Gasteiger partial charge in [0.1, 0.15) is 23.4 Å². The summed E-state index contributed by atoms with van der Waals surface area (Å²) < 4.78 is 5.17. The summed E-state index contributed by atoms with van der Waals surface area (Å²) in [6.45, 7) is 8.68. The Morgan fingerprint density at radius 3 is 2.24 bits per heavy atom. The van der Waals surface area contributed by atoms with Gasteiger partial charge in [-0.05, 0) is 51.8 Å². The number of alkyl carbamates (subject to hydrolysis) is 1. The van der Waals surface area contributed by atoms with Crippen molar-refractivity contribution < 1.29 is 29.0 Å². The van der Waals surface area contributed by atoms with Crippen LogP contribution in [0.1, 0.15) is 65.5 Å². The summed E-state index contributed by atoms with van der Waals surface area (Å²) in [7, 11) is 0. The third-order valence-corrected chi connectivity index (χ3v) is 4.60. The fourth-order valence-electron chi connectivity index (χ4n) is 3.19. The highest BCUT2D eigenvalue weighted by Gasteiger charge is 2.36. The first-order chi connectivity index (χ1) is 15.8. The highest BCUT2D eigenvalue weighted by Crippen LogP contribution is 2.24. The molecule has 34 heavy (non-hydrogen) atoms. The molecule has 10 nitrogen and oxygen atoms in total. The van der Waals surface area contributed by atoms with Crippen molar-refractivity contribution in [1.82, 2.24) is 15.5 Å². The third kappa shape index (κ3) is 9.02. The Hall–Kier alpha value is -3.74. The highest BCUT2D eigenvalue weighted by molar-refractivity contribution is 5.95. The average molecular weight is 475 g/mol. The number of hydrogen-bond acceptors (Lipinski definition) is 6. The number of rotatable bonds is 10. The molecule has 0 spiro atoms. The van der Waals surface area contributed by atoms with E-state index >= 15 is 0 Å². The molecule has 186 valence electrons. The zero-order valence-electron chi connectivity index (χ0n) is 20.3. The van der Waals surface area contributed by atoms with E-state index in [0.29, 0.717) is 12.0 Å². The maximum absolute atomic E-state index is 13.4. The summed E-state index contributed by atoms with van der Waals surface area (Å²) in [4.78, 5) is 51.3. The molecular formula is C24H34N4O6. The molecule has 1 rings (SSSR count). The number of amides is 4. The number of carbonyl (C=O) groups is 4. The lowest BCUT2D eigenvalue weighted by Crippen LogP contribution is -2.53. The van der Waals surface area contributed by atoms with Crippen molar-refractivity contribution in [3.63, 3.8) is 0 Å². The quantitative estimate of drug-likeness (QED) is 0.300. The van der Waals surface area contributed by atoms with E-state index in [-0.39, 0.29) is 11.8 Å². The van der Waals surface area contributed by atoms with E-state index in [9.17, 15) is 24.3 Å². The predicted molar refractivity (Wildman–Crippen MR) is 126 cm³/mol. The van der Waals surface area contributed by atoms with Crippen LogP contribution in [0, 0.1) is 12.5 Å². The zero-order valence-corrected chi connectivity index (χ0v) is 20.3. The Morgan fingerprint density at radius 2 is 1.76 bits per heavy atom. The van der Waals surface area contributed by atoms with E-state index in [1.807, 2.05) is 13.8 Å². The van der Waals surface area contributed by atoms with Gasteiger partial charge in [-0.3, -0.25) is 19.3 Å². The van der Waals surface area contributed by atoms with Gasteiger partial charge in [0.15, 0.2) is 0 Å². The van der Waals surface area contributed by atoms with Crippen LogP contribution in [-0.4, -0.2) is 51.5 Å². The average Bonchev–Trinajstić information content (AvgIpc) is 2.70. The molecule has 3 atom stereocenters. The van der Waals surface area contributed by atoms with Crippen LogP contribution in [0.5, 0.6) is 5.75 Å². The molecule has 3 unspecified atom stereocenters. The van der Waals surface area contributed by atoms with E-state index in [0.717, 1.165) is 11.3 Å². The zero-order chi connectivity index (χ0) is 26.1. The lowest BCUT2D eigenvalue weighted by Gasteiger charge is -2.30. The van der Waals surface area contributed by atoms with Gasteiger partial charge in [0.2, 0.25) is 11.8 Å². The molecule has 0 saturated carbocycles. The summed E-state index contributed by atoms with van der Waals surface area (Å²) in [5.41, 5.74) is 4.74. The molecule has 0 saturated heterocycles. The third-order valence-electron chi connectivity index (χ3n) is 4.60. The predicted octanol–water partition coefficient (Wildman–Crippen LogP) is 1.93. The van der Waals surface area contributed by atoms with Gasteiger partial charge in [-0.25, -0.2) is 4.79 Å². The molecule has 0 aliphatic carbocycles. The summed E-state index contributed by atoms with van der Waals surface area (Å²) in [6.07, 6.45) is 5.64. The van der Waals surface area contributed by atoms with Gasteiger partial charge in [0.05, 0.1) is 6.42 Å². The molecule has 0 aliphatic rings. The minimum Gasteiger partial charge on any atom is -0.508 e. The lowest BCUT2D eigenvalue weighted by atomic mass is 10.0. The second kappa shape index (κ2) is 12.5. The largest absolute Gasteiger partial charge is 0.508 e. The number of nitrogens with one attached hydrogen (secondary N) is 2. The summed E-state index contributed by atoms with van der Waals surface area (Å²) in [5, 5.41) is 14.8. The van der Waals surface area contributed by atoms with Crippen molar-refractivity contribution in [3.05, 3.63) is 29.8 Å². The highest BCUT2D eigenvalue weighted by atomic mass is 16.6. The molecule has 4 amide bonds. The number of carbonyl (C=O) groups excluding carboxylic acids is 4. The molecule has 1 aromatic rings. The maximum Gasteiger partial charge on any atom is 0.408 e. The van der Waals surface area contributed by atoms with Gasteiger partial charge in [0.25, 0.3) is 5.91 Å². The number of primary amides is 1. The first-order valence-electron chi connectivity index (χ1n) is 11.0. The van der Waals surface area contributed by atoms with Crippen LogP contribution in [0.2, 0.25) is 0 Å². The SMILES string of the molecule is C#CN(C(=O)C(CC(N)=O)NC(=O)OC(C)(C)C)C(C(=O)NC(C)CCC)c1ccc(O)cc1. The minimum atomic E-state index is -1.47. The first kappa shape index (κ1) is 28.3. The molecular weight excluding hydrogens is 440 g/mol. The number of nitrogens with zero attached hydrogens (tertiary/aromatic N) is 1. The van der Waals surface area contributed by atoms with Gasteiger partial charge in [-0.2, -0.15) is 0 Å². The van der Waals surface area contributed by atoms with Crippen LogP contribution in [0.3, 0.4) is 0 Å². The van der Waals surface area contributed by atoms with E-state index in [4.69, 9.17) is 16.9 Å². The van der Waals surface area contributed by atoms with Crippen LogP contribution in [0.25, 0.3) is 0 Å². The maximum atomic E-state index is 13.4. The number of ether oxygens (including phenoxy) is 1. The number of aromatic hydroxyl groups is 1. The van der Waals surface area contributed by atoms with Crippen molar-refractivity contribution in [2.75, 3.05) is 0 Å². The number of benzene rings is 1. The Kier molecular flexibility index (Phi) is 10.4. The van der Waals surface area contributed by atoms with E-state index in [1.165, 1.54) is 24.3 Å². The summed E-state index contributed by atoms with van der Waals surface area (Å²) in [5.74, 6) is -2.37. The normalized spacial score (nSPS) is 13.5. The molecule has 0 heterocycles.